The molecule has 10 heteroatoms. The predicted molar refractivity (Wildman–Crippen MR) is 77.2 cm³/mol. The summed E-state index contributed by atoms with van der Waals surface area (Å²) in [7, 11) is 1.51. The monoisotopic (exact) mass is 348 g/mol. The van der Waals surface area contributed by atoms with Gasteiger partial charge in [0.05, 0.1) is 24.4 Å². The molecule has 0 saturated carbocycles. The third-order valence-corrected chi connectivity index (χ3v) is 3.09. The second kappa shape index (κ2) is 8.33. The lowest BCUT2D eigenvalue weighted by Gasteiger charge is -2.23. The van der Waals surface area contributed by atoms with Crippen LogP contribution in [-0.4, -0.2) is 48.0 Å². The highest BCUT2D eigenvalue weighted by molar-refractivity contribution is 5.89. The van der Waals surface area contributed by atoms with Gasteiger partial charge in [-0.3, -0.25) is 0 Å². The van der Waals surface area contributed by atoms with E-state index >= 15 is 0 Å². The van der Waals surface area contributed by atoms with Crippen molar-refractivity contribution in [3.05, 3.63) is 18.3 Å². The van der Waals surface area contributed by atoms with E-state index in [1.807, 2.05) is 6.07 Å². The number of anilines is 1. The molecule has 0 bridgehead atoms. The molecule has 2 amide bonds. The van der Waals surface area contributed by atoms with Gasteiger partial charge in [0.1, 0.15) is 0 Å². The molecule has 132 valence electrons. The molecule has 0 spiro atoms. The lowest BCUT2D eigenvalue weighted by atomic mass is 10.2. The molecule has 24 heavy (non-hydrogen) atoms. The Hall–Kier alpha value is -2.57. The predicted octanol–water partition coefficient (Wildman–Crippen LogP) is 3.13. The van der Waals surface area contributed by atoms with E-state index in [0.717, 1.165) is 12.3 Å². The first-order valence-electron chi connectivity index (χ1n) is 6.83. The fraction of sp³-hybridized carbons (Fsp3) is 0.500. The second-order valence-electron chi connectivity index (χ2n) is 4.99. The smallest absolute Gasteiger partial charge is 0.340 e. The van der Waals surface area contributed by atoms with Gasteiger partial charge in [-0.15, -0.1) is 0 Å². The topological polar surface area (TPSA) is 78.2 Å². The number of urea groups is 1. The fourth-order valence-electron chi connectivity index (χ4n) is 1.45. The van der Waals surface area contributed by atoms with Crippen molar-refractivity contribution >= 4 is 11.7 Å². The van der Waals surface area contributed by atoms with Crippen LogP contribution in [0.25, 0.3) is 0 Å². The Morgan fingerprint density at radius 2 is 2.17 bits per heavy atom. The second-order valence-corrected chi connectivity index (χ2v) is 4.99. The van der Waals surface area contributed by atoms with Gasteiger partial charge in [-0.25, -0.2) is 18.6 Å². The van der Waals surface area contributed by atoms with Crippen LogP contribution >= 0.6 is 0 Å². The van der Waals surface area contributed by atoms with Gasteiger partial charge < -0.3 is 15.0 Å². The van der Waals surface area contributed by atoms with Crippen LogP contribution in [0.4, 0.5) is 28.0 Å². The van der Waals surface area contributed by atoms with E-state index in [1.165, 1.54) is 18.0 Å². The van der Waals surface area contributed by atoms with E-state index in [2.05, 4.69) is 15.0 Å². The zero-order valence-electron chi connectivity index (χ0n) is 13.0. The molecule has 0 fully saturated rings. The van der Waals surface area contributed by atoms with Gasteiger partial charge in [0, 0.05) is 19.2 Å². The quantitative estimate of drug-likeness (QED) is 0.768. The summed E-state index contributed by atoms with van der Waals surface area (Å²) in [5, 5.41) is 11.1. The fourth-order valence-corrected chi connectivity index (χ4v) is 1.45. The molecule has 1 N–H and O–H groups in total. The van der Waals surface area contributed by atoms with Gasteiger partial charge in [-0.05, 0) is 13.0 Å². The van der Waals surface area contributed by atoms with Crippen molar-refractivity contribution in [2.45, 2.75) is 31.7 Å². The van der Waals surface area contributed by atoms with E-state index < -0.39 is 25.0 Å². The van der Waals surface area contributed by atoms with Crippen molar-refractivity contribution < 1.29 is 27.1 Å². The first-order valence-corrected chi connectivity index (χ1v) is 6.83. The lowest BCUT2D eigenvalue weighted by molar-refractivity contribution is -0.148. The molecule has 1 rings (SSSR count). The van der Waals surface area contributed by atoms with Crippen LogP contribution in [0.15, 0.2) is 18.3 Å². The number of hydrogen-bond donors (Lipinski definition) is 1. The minimum absolute atomic E-state index is 0.160. The Kier molecular flexibility index (Phi) is 6.76. The first-order chi connectivity index (χ1) is 11.2. The number of nitrogens with one attached hydrogen (secondary N) is 1. The number of pyridine rings is 1. The Morgan fingerprint density at radius 1 is 1.50 bits per heavy atom. The zero-order chi connectivity index (χ0) is 18.3. The Bertz CT molecular complexity index is 589. The van der Waals surface area contributed by atoms with Crippen molar-refractivity contribution in [2.75, 3.05) is 19.0 Å². The molecule has 0 aliphatic rings. The number of nitriles is 1. The molecule has 0 aliphatic carbocycles. The number of alkyl halides is 4. The van der Waals surface area contributed by atoms with Crippen LogP contribution in [0.5, 0.6) is 5.88 Å². The summed E-state index contributed by atoms with van der Waals surface area (Å²) in [6.45, 7) is 0.193. The van der Waals surface area contributed by atoms with Crippen molar-refractivity contribution in [2.24, 2.45) is 0 Å². The van der Waals surface area contributed by atoms with Gasteiger partial charge >= 0.3 is 18.4 Å². The first kappa shape index (κ1) is 19.5. The molecule has 0 aromatic carbocycles. The average molecular weight is 348 g/mol. The summed E-state index contributed by atoms with van der Waals surface area (Å²) < 4.78 is 53.9. The van der Waals surface area contributed by atoms with E-state index in [0.29, 0.717) is 0 Å². The minimum atomic E-state index is -4.27. The number of rotatable bonds is 7. The average Bonchev–Trinajstić information content (AvgIpc) is 2.53. The SMILES string of the molecule is C[C@@H](CC#N)N(C)C(=O)Nc1ccc(OCC(F)(F)C(F)F)nc1. The molecule has 1 aromatic heterocycles. The zero-order valence-corrected chi connectivity index (χ0v) is 13.0. The number of carbonyl (C=O) groups is 1. The summed E-state index contributed by atoms with van der Waals surface area (Å²) in [5.74, 6) is -4.55. The van der Waals surface area contributed by atoms with Crippen LogP contribution in [-0.2, 0) is 0 Å². The maximum absolute atomic E-state index is 12.7. The largest absolute Gasteiger partial charge is 0.471 e. The minimum Gasteiger partial charge on any atom is -0.471 e. The van der Waals surface area contributed by atoms with Crippen LogP contribution in [0.1, 0.15) is 13.3 Å². The molecule has 1 heterocycles. The van der Waals surface area contributed by atoms with E-state index in [-0.39, 0.29) is 24.0 Å². The molecular weight excluding hydrogens is 332 g/mol. The Morgan fingerprint density at radius 3 is 2.67 bits per heavy atom. The van der Waals surface area contributed by atoms with Crippen molar-refractivity contribution in [1.82, 2.24) is 9.88 Å². The number of ether oxygens (including phenoxy) is 1. The third-order valence-electron chi connectivity index (χ3n) is 3.09. The molecule has 6 nitrogen and oxygen atoms in total. The molecule has 0 unspecified atom stereocenters. The molecule has 0 saturated heterocycles. The molecular formula is C14H16F4N4O2. The summed E-state index contributed by atoms with van der Waals surface area (Å²) in [6, 6.07) is 3.64. The highest BCUT2D eigenvalue weighted by atomic mass is 19.3. The molecule has 0 aliphatic heterocycles. The van der Waals surface area contributed by atoms with Gasteiger partial charge in [0.25, 0.3) is 0 Å². The van der Waals surface area contributed by atoms with E-state index in [4.69, 9.17) is 5.26 Å². The number of carbonyl (C=O) groups excluding carboxylic acids is 1. The number of hydrogen-bond acceptors (Lipinski definition) is 4. The van der Waals surface area contributed by atoms with E-state index in [1.54, 1.807) is 6.92 Å². The van der Waals surface area contributed by atoms with Crippen LogP contribution in [0, 0.1) is 11.3 Å². The molecule has 1 aromatic rings. The van der Waals surface area contributed by atoms with Gasteiger partial charge in [0.15, 0.2) is 6.61 Å². The maximum Gasteiger partial charge on any atom is 0.340 e. The van der Waals surface area contributed by atoms with Gasteiger partial charge in [0.2, 0.25) is 5.88 Å². The number of aromatic nitrogens is 1. The maximum atomic E-state index is 12.7. The van der Waals surface area contributed by atoms with Crippen LogP contribution < -0.4 is 10.1 Å². The third kappa shape index (κ3) is 5.57. The Balaban J connectivity index is 2.59. The number of nitrogens with zero attached hydrogens (tertiary/aromatic N) is 3. The van der Waals surface area contributed by atoms with E-state index in [9.17, 15) is 22.4 Å². The number of halogens is 4. The Labute approximate surface area is 136 Å². The summed E-state index contributed by atoms with van der Waals surface area (Å²) in [4.78, 5) is 16.9. The summed E-state index contributed by atoms with van der Waals surface area (Å²) in [6.07, 6.45) is -2.54. The lowest BCUT2D eigenvalue weighted by Crippen LogP contribution is -2.38. The van der Waals surface area contributed by atoms with Gasteiger partial charge in [-0.1, -0.05) is 0 Å². The van der Waals surface area contributed by atoms with Gasteiger partial charge in [-0.2, -0.15) is 14.0 Å². The van der Waals surface area contributed by atoms with Crippen LogP contribution in [0.3, 0.4) is 0 Å². The normalized spacial score (nSPS) is 12.4. The van der Waals surface area contributed by atoms with Crippen molar-refractivity contribution in [3.8, 4) is 11.9 Å². The highest BCUT2D eigenvalue weighted by Crippen LogP contribution is 2.24. The standard InChI is InChI=1S/C14H16F4N4O2/c1-9(5-6-19)22(2)13(23)21-10-3-4-11(20-7-10)24-8-14(17,18)12(15)16/h3-4,7,9,12H,5,8H2,1-2H3,(H,21,23)/t9-/m0/s1. The number of amides is 2. The van der Waals surface area contributed by atoms with Crippen LogP contribution in [0.2, 0.25) is 0 Å². The van der Waals surface area contributed by atoms with Crippen molar-refractivity contribution in [1.29, 1.82) is 5.26 Å². The summed E-state index contributed by atoms with van der Waals surface area (Å²) in [5.41, 5.74) is 0.254. The summed E-state index contributed by atoms with van der Waals surface area (Å²) >= 11 is 0. The van der Waals surface area contributed by atoms with Crippen molar-refractivity contribution in [3.63, 3.8) is 0 Å². The molecule has 0 radical (unpaired) electrons. The highest BCUT2D eigenvalue weighted by Gasteiger charge is 2.41. The molecule has 1 atom stereocenters.